The lowest BCUT2D eigenvalue weighted by Gasteiger charge is -2.29. The molecule has 0 radical (unpaired) electrons. The molecule has 0 bridgehead atoms. The second kappa shape index (κ2) is 14.4. The Bertz CT molecular complexity index is 2070. The van der Waals surface area contributed by atoms with E-state index in [1.165, 1.54) is 9.78 Å². The SMILES string of the molecule is Cc1sc2c(c1C)C(c1ccc(Cl)cc1)=N[C@@H](CC(=O)NCCOCCOc1cccc3c1CN(C1CCC(=O)NC1=O)C3=O)c1nnc(C)n1-2. The molecule has 0 spiro atoms. The van der Waals surface area contributed by atoms with E-state index in [0.29, 0.717) is 34.1 Å². The maximum Gasteiger partial charge on any atom is 0.255 e. The summed E-state index contributed by atoms with van der Waals surface area (Å²) in [7, 11) is 0. The van der Waals surface area contributed by atoms with Crippen LogP contribution in [0.25, 0.3) is 5.00 Å². The number of rotatable bonds is 11. The monoisotopic (exact) mass is 729 g/mol. The number of fused-ring (bicyclic) bond motifs is 4. The third-order valence-corrected chi connectivity index (χ3v) is 10.8. The summed E-state index contributed by atoms with van der Waals surface area (Å²) < 4.78 is 13.7. The molecule has 3 aliphatic rings. The van der Waals surface area contributed by atoms with Crippen LogP contribution < -0.4 is 15.4 Å². The van der Waals surface area contributed by atoms with E-state index in [4.69, 9.17) is 26.1 Å². The highest BCUT2D eigenvalue weighted by Crippen LogP contribution is 2.40. The maximum atomic E-state index is 13.2. The number of ether oxygens (including phenoxy) is 2. The number of hydrogen-bond acceptors (Lipinski definition) is 10. The summed E-state index contributed by atoms with van der Waals surface area (Å²) in [6, 6.07) is 11.5. The van der Waals surface area contributed by atoms with Crippen molar-refractivity contribution < 1.29 is 28.7 Å². The Morgan fingerprint density at radius 1 is 1.06 bits per heavy atom. The van der Waals surface area contributed by atoms with E-state index in [2.05, 4.69) is 34.7 Å². The molecule has 2 atom stereocenters. The number of nitrogens with zero attached hydrogens (tertiary/aromatic N) is 5. The van der Waals surface area contributed by atoms with Crippen LogP contribution in [0.15, 0.2) is 47.5 Å². The van der Waals surface area contributed by atoms with Gasteiger partial charge in [-0.3, -0.25) is 34.1 Å². The van der Waals surface area contributed by atoms with Gasteiger partial charge in [-0.15, -0.1) is 21.5 Å². The Morgan fingerprint density at radius 2 is 1.86 bits per heavy atom. The Morgan fingerprint density at radius 3 is 2.65 bits per heavy atom. The van der Waals surface area contributed by atoms with E-state index in [0.717, 1.165) is 33.2 Å². The second-order valence-electron chi connectivity index (χ2n) is 12.6. The number of aryl methyl sites for hydroxylation is 2. The first-order chi connectivity index (χ1) is 24.6. The van der Waals surface area contributed by atoms with Crippen molar-refractivity contribution in [2.24, 2.45) is 4.99 Å². The van der Waals surface area contributed by atoms with Crippen LogP contribution in [-0.2, 0) is 25.7 Å². The lowest BCUT2D eigenvalue weighted by Crippen LogP contribution is -2.52. The number of imide groups is 1. The summed E-state index contributed by atoms with van der Waals surface area (Å²) >= 11 is 7.86. The first kappa shape index (κ1) is 34.5. The fourth-order valence-electron chi connectivity index (χ4n) is 6.65. The van der Waals surface area contributed by atoms with Crippen molar-refractivity contribution >= 4 is 52.3 Å². The predicted molar refractivity (Wildman–Crippen MR) is 190 cm³/mol. The fraction of sp³-hybridized carbons (Fsp3) is 0.361. The van der Waals surface area contributed by atoms with Crippen molar-refractivity contribution in [2.75, 3.05) is 26.4 Å². The first-order valence-corrected chi connectivity index (χ1v) is 17.9. The van der Waals surface area contributed by atoms with Crippen molar-refractivity contribution in [3.63, 3.8) is 0 Å². The van der Waals surface area contributed by atoms with Gasteiger partial charge in [-0.25, -0.2) is 0 Å². The topological polar surface area (TPSA) is 157 Å². The zero-order chi connectivity index (χ0) is 35.8. The molecule has 4 amide bonds. The summed E-state index contributed by atoms with van der Waals surface area (Å²) in [6.45, 7) is 7.31. The van der Waals surface area contributed by atoms with E-state index in [1.807, 2.05) is 35.8 Å². The molecule has 0 saturated carbocycles. The molecular weight excluding hydrogens is 694 g/mol. The van der Waals surface area contributed by atoms with Gasteiger partial charge >= 0.3 is 0 Å². The molecule has 2 N–H and O–H groups in total. The number of nitrogens with one attached hydrogen (secondary N) is 2. The van der Waals surface area contributed by atoms with Crippen molar-refractivity contribution in [3.8, 4) is 10.8 Å². The molecule has 264 valence electrons. The van der Waals surface area contributed by atoms with E-state index in [9.17, 15) is 19.2 Å². The Labute approximate surface area is 303 Å². The van der Waals surface area contributed by atoms with Crippen LogP contribution in [0.1, 0.15) is 74.4 Å². The molecule has 1 saturated heterocycles. The van der Waals surface area contributed by atoms with Crippen LogP contribution in [-0.4, -0.2) is 81.4 Å². The first-order valence-electron chi connectivity index (χ1n) is 16.7. The number of carbonyl (C=O) groups excluding carboxylic acids is 4. The molecule has 1 unspecified atom stereocenters. The molecular formula is C36H36ClN7O6S. The maximum absolute atomic E-state index is 13.2. The summed E-state index contributed by atoms with van der Waals surface area (Å²) in [5.41, 5.74) is 4.98. The standard InChI is InChI=1S/C36H36ClN7O6S/c1-19-20(2)51-36-31(19)32(22-7-9-23(37)10-8-22)39-26(33-42-41-21(3)44(33)36)17-30(46)38-13-14-49-15-16-50-28-6-4-5-24-25(28)18-43(35(24)48)27-11-12-29(45)40-34(27)47/h4-10,26-27H,11-18H2,1-3H3,(H,38,46)(H,40,45,47)/t26-,27?/m0/s1. The number of amides is 4. The van der Waals surface area contributed by atoms with Crippen molar-refractivity contribution in [1.82, 2.24) is 30.3 Å². The van der Waals surface area contributed by atoms with E-state index in [1.54, 1.807) is 29.5 Å². The molecule has 0 aliphatic carbocycles. The molecule has 51 heavy (non-hydrogen) atoms. The molecule has 7 rings (SSSR count). The summed E-state index contributed by atoms with van der Waals surface area (Å²) in [4.78, 5) is 58.1. The van der Waals surface area contributed by atoms with Gasteiger partial charge in [0.15, 0.2) is 5.82 Å². The summed E-state index contributed by atoms with van der Waals surface area (Å²) in [5, 5.41) is 15.7. The number of piperidine rings is 1. The average molecular weight is 730 g/mol. The van der Waals surface area contributed by atoms with Crippen LogP contribution in [0.4, 0.5) is 0 Å². The quantitative estimate of drug-likeness (QED) is 0.172. The Kier molecular flexibility index (Phi) is 9.73. The molecule has 5 heterocycles. The molecule has 15 heteroatoms. The van der Waals surface area contributed by atoms with Gasteiger partial charge in [-0.1, -0.05) is 29.8 Å². The lowest BCUT2D eigenvalue weighted by atomic mass is 9.99. The number of aliphatic imine (C=N–C) groups is 1. The van der Waals surface area contributed by atoms with Crippen LogP contribution in [0.3, 0.4) is 0 Å². The fourth-order valence-corrected chi connectivity index (χ4v) is 7.99. The van der Waals surface area contributed by atoms with E-state index >= 15 is 0 Å². The lowest BCUT2D eigenvalue weighted by molar-refractivity contribution is -0.137. The van der Waals surface area contributed by atoms with Gasteiger partial charge < -0.3 is 19.7 Å². The van der Waals surface area contributed by atoms with Gasteiger partial charge in [0.25, 0.3) is 5.91 Å². The third-order valence-electron chi connectivity index (χ3n) is 9.33. The van der Waals surface area contributed by atoms with Crippen molar-refractivity contribution in [3.05, 3.63) is 91.8 Å². The normalized spacial score (nSPS) is 18.1. The smallest absolute Gasteiger partial charge is 0.255 e. The van der Waals surface area contributed by atoms with Gasteiger partial charge in [0.2, 0.25) is 17.7 Å². The second-order valence-corrected chi connectivity index (χ2v) is 14.2. The Balaban J connectivity index is 0.937. The zero-order valence-electron chi connectivity index (χ0n) is 28.3. The molecule has 2 aromatic heterocycles. The average Bonchev–Trinajstić information content (AvgIpc) is 3.72. The highest BCUT2D eigenvalue weighted by molar-refractivity contribution is 7.15. The zero-order valence-corrected chi connectivity index (χ0v) is 29.9. The minimum Gasteiger partial charge on any atom is -0.491 e. The van der Waals surface area contributed by atoms with Gasteiger partial charge in [0.05, 0.1) is 31.9 Å². The molecule has 2 aromatic carbocycles. The summed E-state index contributed by atoms with van der Waals surface area (Å²) in [5.74, 6) is 0.623. The van der Waals surface area contributed by atoms with Crippen molar-refractivity contribution in [1.29, 1.82) is 0 Å². The highest BCUT2D eigenvalue weighted by atomic mass is 35.5. The third kappa shape index (κ3) is 6.78. The van der Waals surface area contributed by atoms with Gasteiger partial charge in [-0.2, -0.15) is 0 Å². The molecule has 13 nitrogen and oxygen atoms in total. The van der Waals surface area contributed by atoms with Crippen LogP contribution in [0.5, 0.6) is 5.75 Å². The highest BCUT2D eigenvalue weighted by Gasteiger charge is 2.40. The van der Waals surface area contributed by atoms with Gasteiger partial charge in [0, 0.05) is 45.1 Å². The minimum absolute atomic E-state index is 0.0684. The number of thiophene rings is 1. The number of benzene rings is 2. The van der Waals surface area contributed by atoms with Gasteiger partial charge in [-0.05, 0) is 57.0 Å². The van der Waals surface area contributed by atoms with E-state index in [-0.39, 0.29) is 63.5 Å². The van der Waals surface area contributed by atoms with E-state index < -0.39 is 18.0 Å². The largest absolute Gasteiger partial charge is 0.491 e. The minimum atomic E-state index is -0.696. The van der Waals surface area contributed by atoms with Gasteiger partial charge in [0.1, 0.15) is 35.3 Å². The number of halogens is 1. The van der Waals surface area contributed by atoms with Crippen molar-refractivity contribution in [2.45, 2.75) is 58.7 Å². The molecule has 3 aliphatic heterocycles. The Hall–Kier alpha value is -4.92. The molecule has 1 fully saturated rings. The number of aromatic nitrogens is 3. The summed E-state index contributed by atoms with van der Waals surface area (Å²) in [6.07, 6.45) is 0.550. The number of hydrogen-bond donors (Lipinski definition) is 2. The van der Waals surface area contributed by atoms with Crippen LogP contribution in [0.2, 0.25) is 5.02 Å². The van der Waals surface area contributed by atoms with Crippen LogP contribution in [0, 0.1) is 20.8 Å². The van der Waals surface area contributed by atoms with Crippen LogP contribution >= 0.6 is 22.9 Å². The molecule has 4 aromatic rings. The predicted octanol–water partition coefficient (Wildman–Crippen LogP) is 4.16. The number of carbonyl (C=O) groups is 4.